The van der Waals surface area contributed by atoms with Gasteiger partial charge in [0.05, 0.1) is 20.1 Å². The molecule has 1 aliphatic rings. The van der Waals surface area contributed by atoms with Gasteiger partial charge in [0, 0.05) is 13.1 Å². The van der Waals surface area contributed by atoms with Crippen molar-refractivity contribution in [2.45, 2.75) is 26.8 Å². The number of methoxy groups -OCH3 is 2. The molecule has 23 heavy (non-hydrogen) atoms. The summed E-state index contributed by atoms with van der Waals surface area (Å²) < 4.78 is 15.6. The number of nitrogens with zero attached hydrogens (tertiary/aromatic N) is 1. The summed E-state index contributed by atoms with van der Waals surface area (Å²) in [4.78, 5) is 25.4. The summed E-state index contributed by atoms with van der Waals surface area (Å²) in [6.07, 6.45) is 0.736. The molecule has 1 amide bonds. The lowest BCUT2D eigenvalue weighted by Crippen LogP contribution is -2.38. The van der Waals surface area contributed by atoms with Crippen LogP contribution >= 0.6 is 0 Å². The average molecular weight is 321 g/mol. The van der Waals surface area contributed by atoms with Crippen molar-refractivity contribution in [3.63, 3.8) is 0 Å². The highest BCUT2D eigenvalue weighted by molar-refractivity contribution is 5.81. The van der Waals surface area contributed by atoms with Crippen molar-refractivity contribution >= 4 is 11.9 Å². The van der Waals surface area contributed by atoms with Gasteiger partial charge in [0.15, 0.2) is 18.1 Å². The SMILES string of the molecule is COc1cc2c(cc1OC)CN(C(=O)COC(=O)C(C)C)CC2. The summed E-state index contributed by atoms with van der Waals surface area (Å²) in [5.74, 6) is 0.562. The highest BCUT2D eigenvalue weighted by atomic mass is 16.5. The minimum atomic E-state index is -0.359. The molecular weight excluding hydrogens is 298 g/mol. The second kappa shape index (κ2) is 7.35. The van der Waals surface area contributed by atoms with Gasteiger partial charge in [0.2, 0.25) is 0 Å². The Kier molecular flexibility index (Phi) is 5.47. The second-order valence-corrected chi connectivity index (χ2v) is 5.80. The molecule has 0 spiro atoms. The topological polar surface area (TPSA) is 65.1 Å². The molecule has 0 unspecified atom stereocenters. The maximum atomic E-state index is 12.2. The van der Waals surface area contributed by atoms with E-state index in [0.717, 1.165) is 17.5 Å². The molecule has 0 bridgehead atoms. The Morgan fingerprint density at radius 2 is 1.74 bits per heavy atom. The van der Waals surface area contributed by atoms with E-state index in [1.807, 2.05) is 12.1 Å². The van der Waals surface area contributed by atoms with Crippen LogP contribution in [0.3, 0.4) is 0 Å². The van der Waals surface area contributed by atoms with Crippen LogP contribution in [0.15, 0.2) is 12.1 Å². The summed E-state index contributed by atoms with van der Waals surface area (Å²) in [5.41, 5.74) is 2.17. The number of ether oxygens (including phenoxy) is 3. The molecule has 0 radical (unpaired) electrons. The molecule has 0 fully saturated rings. The first-order valence-corrected chi connectivity index (χ1v) is 7.64. The smallest absolute Gasteiger partial charge is 0.308 e. The fraction of sp³-hybridized carbons (Fsp3) is 0.529. The predicted octanol–water partition coefficient (Wildman–Crippen LogP) is 1.79. The van der Waals surface area contributed by atoms with E-state index in [1.54, 1.807) is 33.0 Å². The Morgan fingerprint density at radius 3 is 2.30 bits per heavy atom. The molecule has 0 aliphatic carbocycles. The third-order valence-electron chi connectivity index (χ3n) is 3.88. The molecular formula is C17H23NO5. The number of rotatable bonds is 5. The van der Waals surface area contributed by atoms with E-state index in [0.29, 0.717) is 24.6 Å². The second-order valence-electron chi connectivity index (χ2n) is 5.80. The summed E-state index contributed by atoms with van der Waals surface area (Å²) in [6.45, 7) is 4.35. The first-order chi connectivity index (χ1) is 11.0. The highest BCUT2D eigenvalue weighted by Gasteiger charge is 2.23. The zero-order valence-electron chi connectivity index (χ0n) is 14.0. The van der Waals surface area contributed by atoms with Crippen LogP contribution < -0.4 is 9.47 Å². The van der Waals surface area contributed by atoms with Crippen LogP contribution in [0.5, 0.6) is 11.5 Å². The molecule has 1 aromatic carbocycles. The van der Waals surface area contributed by atoms with Gasteiger partial charge in [-0.2, -0.15) is 0 Å². The van der Waals surface area contributed by atoms with Crippen molar-refractivity contribution in [3.8, 4) is 11.5 Å². The lowest BCUT2D eigenvalue weighted by atomic mass is 9.99. The van der Waals surface area contributed by atoms with Crippen LogP contribution in [-0.4, -0.2) is 44.1 Å². The Labute approximate surface area is 136 Å². The lowest BCUT2D eigenvalue weighted by Gasteiger charge is -2.29. The summed E-state index contributed by atoms with van der Waals surface area (Å²) in [6, 6.07) is 3.85. The molecule has 0 aromatic heterocycles. The molecule has 6 nitrogen and oxygen atoms in total. The average Bonchev–Trinajstić information content (AvgIpc) is 2.57. The molecule has 2 rings (SSSR count). The normalized spacial score (nSPS) is 13.5. The number of carbonyl (C=O) groups is 2. The van der Waals surface area contributed by atoms with Crippen molar-refractivity contribution in [1.82, 2.24) is 4.90 Å². The molecule has 1 aliphatic heterocycles. The molecule has 126 valence electrons. The largest absolute Gasteiger partial charge is 0.493 e. The zero-order chi connectivity index (χ0) is 17.0. The standard InChI is InChI=1S/C17H23NO5/c1-11(2)17(20)23-10-16(19)18-6-5-12-7-14(21-3)15(22-4)8-13(12)9-18/h7-8,11H,5-6,9-10H2,1-4H3. The lowest BCUT2D eigenvalue weighted by molar-refractivity contribution is -0.155. The van der Waals surface area contributed by atoms with Gasteiger partial charge in [0.1, 0.15) is 0 Å². The van der Waals surface area contributed by atoms with Gasteiger partial charge < -0.3 is 19.1 Å². The molecule has 0 N–H and O–H groups in total. The van der Waals surface area contributed by atoms with E-state index in [-0.39, 0.29) is 24.4 Å². The first-order valence-electron chi connectivity index (χ1n) is 7.64. The zero-order valence-corrected chi connectivity index (χ0v) is 14.0. The van der Waals surface area contributed by atoms with Gasteiger partial charge >= 0.3 is 5.97 Å². The van der Waals surface area contributed by atoms with E-state index >= 15 is 0 Å². The summed E-state index contributed by atoms with van der Waals surface area (Å²) >= 11 is 0. The molecule has 1 heterocycles. The summed E-state index contributed by atoms with van der Waals surface area (Å²) in [5, 5.41) is 0. The molecule has 0 atom stereocenters. The van der Waals surface area contributed by atoms with Crippen molar-refractivity contribution < 1.29 is 23.8 Å². The van der Waals surface area contributed by atoms with Crippen molar-refractivity contribution in [1.29, 1.82) is 0 Å². The maximum Gasteiger partial charge on any atom is 0.308 e. The van der Waals surface area contributed by atoms with E-state index in [2.05, 4.69) is 0 Å². The number of benzene rings is 1. The third kappa shape index (κ3) is 3.94. The Morgan fingerprint density at radius 1 is 1.13 bits per heavy atom. The number of hydrogen-bond acceptors (Lipinski definition) is 5. The van der Waals surface area contributed by atoms with E-state index in [9.17, 15) is 9.59 Å². The minimum absolute atomic E-state index is 0.181. The highest BCUT2D eigenvalue weighted by Crippen LogP contribution is 2.33. The number of carbonyl (C=O) groups excluding carboxylic acids is 2. The fourth-order valence-corrected chi connectivity index (χ4v) is 2.49. The van der Waals surface area contributed by atoms with Crippen molar-refractivity contribution in [3.05, 3.63) is 23.3 Å². The van der Waals surface area contributed by atoms with Crippen LogP contribution in [0.2, 0.25) is 0 Å². The first kappa shape index (κ1) is 17.1. The number of fused-ring (bicyclic) bond motifs is 1. The van der Waals surface area contributed by atoms with Gasteiger partial charge in [-0.1, -0.05) is 13.8 Å². The van der Waals surface area contributed by atoms with Crippen molar-refractivity contribution in [2.75, 3.05) is 27.4 Å². The van der Waals surface area contributed by atoms with E-state index < -0.39 is 0 Å². The summed E-state index contributed by atoms with van der Waals surface area (Å²) in [7, 11) is 3.19. The van der Waals surface area contributed by atoms with Crippen molar-refractivity contribution in [2.24, 2.45) is 5.92 Å². The third-order valence-corrected chi connectivity index (χ3v) is 3.88. The molecule has 0 saturated carbocycles. The molecule has 1 aromatic rings. The van der Waals surface area contributed by atoms with Gasteiger partial charge in [0.25, 0.3) is 5.91 Å². The quantitative estimate of drug-likeness (QED) is 0.774. The Bertz CT molecular complexity index is 597. The van der Waals surface area contributed by atoms with Crippen LogP contribution in [0.1, 0.15) is 25.0 Å². The van der Waals surface area contributed by atoms with Gasteiger partial charge in [-0.05, 0) is 29.7 Å². The van der Waals surface area contributed by atoms with Crippen LogP contribution in [0, 0.1) is 5.92 Å². The fourth-order valence-electron chi connectivity index (χ4n) is 2.49. The molecule has 0 saturated heterocycles. The van der Waals surface area contributed by atoms with Gasteiger partial charge in [-0.15, -0.1) is 0 Å². The van der Waals surface area contributed by atoms with E-state index in [1.165, 1.54) is 0 Å². The Hall–Kier alpha value is -2.24. The van der Waals surface area contributed by atoms with Crippen LogP contribution in [0.4, 0.5) is 0 Å². The van der Waals surface area contributed by atoms with Gasteiger partial charge in [-0.3, -0.25) is 9.59 Å². The van der Waals surface area contributed by atoms with Crippen LogP contribution in [-0.2, 0) is 27.3 Å². The maximum absolute atomic E-state index is 12.2. The van der Waals surface area contributed by atoms with Crippen LogP contribution in [0.25, 0.3) is 0 Å². The van der Waals surface area contributed by atoms with E-state index in [4.69, 9.17) is 14.2 Å². The molecule has 6 heteroatoms. The number of hydrogen-bond donors (Lipinski definition) is 0. The predicted molar refractivity (Wildman–Crippen MR) is 84.5 cm³/mol. The number of esters is 1. The minimum Gasteiger partial charge on any atom is -0.493 e. The number of amides is 1. The van der Waals surface area contributed by atoms with Gasteiger partial charge in [-0.25, -0.2) is 0 Å². The Balaban J connectivity index is 2.05. The monoisotopic (exact) mass is 321 g/mol.